The number of hydrogen-bond acceptors (Lipinski definition) is 8. The molecule has 0 unspecified atom stereocenters. The number of aliphatic hydroxyl groups is 1. The van der Waals surface area contributed by atoms with E-state index in [-0.39, 0.29) is 37.2 Å². The zero-order valence-corrected chi connectivity index (χ0v) is 27.3. The molecule has 0 bridgehead atoms. The number of para-hydroxylation sites is 1. The van der Waals surface area contributed by atoms with E-state index in [9.17, 15) is 24.6 Å². The summed E-state index contributed by atoms with van der Waals surface area (Å²) in [5.41, 5.74) is 3.35. The molecule has 0 saturated carbocycles. The summed E-state index contributed by atoms with van der Waals surface area (Å²) in [7, 11) is 0. The summed E-state index contributed by atoms with van der Waals surface area (Å²) < 4.78 is 5.30. The molecule has 3 amide bonds. The predicted octanol–water partition coefficient (Wildman–Crippen LogP) is 4.77. The number of aliphatic hydroxyl groups excluding tert-OH is 1. The second-order valence-electron chi connectivity index (χ2n) is 11.7. The van der Waals surface area contributed by atoms with Crippen LogP contribution in [0.1, 0.15) is 39.2 Å². The van der Waals surface area contributed by atoms with Crippen molar-refractivity contribution in [2.75, 3.05) is 5.32 Å². The van der Waals surface area contributed by atoms with Crippen LogP contribution in [-0.2, 0) is 30.7 Å². The summed E-state index contributed by atoms with van der Waals surface area (Å²) in [6, 6.07) is 32.5. The number of carbonyl (C=O) groups excluding carboxylic acids is 3. The van der Waals surface area contributed by atoms with Gasteiger partial charge in [-0.1, -0.05) is 84.9 Å². The van der Waals surface area contributed by atoms with Crippen molar-refractivity contribution in [2.45, 2.75) is 50.6 Å². The van der Waals surface area contributed by atoms with Crippen LogP contribution in [0, 0.1) is 0 Å². The highest BCUT2D eigenvalue weighted by molar-refractivity contribution is 6.02. The number of pyridine rings is 2. The molecule has 256 valence electrons. The predicted molar refractivity (Wildman–Crippen MR) is 186 cm³/mol. The number of anilines is 1. The number of nitrogens with one attached hydrogen (secondary N) is 2. The van der Waals surface area contributed by atoms with Gasteiger partial charge in [0.25, 0.3) is 5.91 Å². The SMILES string of the molecule is O=C(Nc1ccccc1C(=O)N[C@@H](Cc1ccccc1)C[C@H](O)[C@H](Cc1ccccc1)N(Cc1cccnc1)C(=O)[O-])OCc1ccccn1. The minimum absolute atomic E-state index is 0.0106. The molecule has 0 radical (unpaired) electrons. The Morgan fingerprint density at radius 3 is 2.10 bits per heavy atom. The van der Waals surface area contributed by atoms with Crippen LogP contribution in [0.3, 0.4) is 0 Å². The molecule has 3 aromatic carbocycles. The molecule has 5 rings (SSSR count). The van der Waals surface area contributed by atoms with Gasteiger partial charge in [-0.15, -0.1) is 0 Å². The van der Waals surface area contributed by atoms with Gasteiger partial charge in [-0.25, -0.2) is 4.79 Å². The average Bonchev–Trinajstić information content (AvgIpc) is 3.14. The summed E-state index contributed by atoms with van der Waals surface area (Å²) in [6.07, 6.45) is 1.91. The van der Waals surface area contributed by atoms with Gasteiger partial charge >= 0.3 is 6.09 Å². The first kappa shape index (κ1) is 35.2. The largest absolute Gasteiger partial charge is 0.530 e. The fraction of sp³-hybridized carbons (Fsp3) is 0.205. The molecule has 0 aliphatic carbocycles. The van der Waals surface area contributed by atoms with Crippen molar-refractivity contribution in [3.05, 3.63) is 162 Å². The summed E-state index contributed by atoms with van der Waals surface area (Å²) in [5.74, 6) is -0.495. The lowest BCUT2D eigenvalue weighted by atomic mass is 9.92. The fourth-order valence-corrected chi connectivity index (χ4v) is 5.68. The molecule has 3 N–H and O–H groups in total. The highest BCUT2D eigenvalue weighted by Gasteiger charge is 2.30. The van der Waals surface area contributed by atoms with Gasteiger partial charge < -0.3 is 30.0 Å². The lowest BCUT2D eigenvalue weighted by Crippen LogP contribution is -2.54. The Morgan fingerprint density at radius 2 is 1.44 bits per heavy atom. The zero-order chi connectivity index (χ0) is 35.1. The highest BCUT2D eigenvalue weighted by atomic mass is 16.5. The molecule has 0 saturated heterocycles. The van der Waals surface area contributed by atoms with Crippen molar-refractivity contribution in [2.24, 2.45) is 0 Å². The minimum atomic E-state index is -1.44. The molecule has 0 spiro atoms. The molecule has 0 fully saturated rings. The van der Waals surface area contributed by atoms with Crippen LogP contribution in [0.4, 0.5) is 15.3 Å². The molecule has 11 nitrogen and oxygen atoms in total. The zero-order valence-electron chi connectivity index (χ0n) is 27.3. The molecule has 0 aliphatic rings. The van der Waals surface area contributed by atoms with Gasteiger partial charge in [0.05, 0.1) is 29.1 Å². The van der Waals surface area contributed by atoms with Gasteiger partial charge in [0, 0.05) is 31.2 Å². The van der Waals surface area contributed by atoms with E-state index in [2.05, 4.69) is 20.6 Å². The Labute approximate surface area is 290 Å². The summed E-state index contributed by atoms with van der Waals surface area (Å²) >= 11 is 0. The maximum atomic E-state index is 13.8. The minimum Gasteiger partial charge on any atom is -0.530 e. The molecular weight excluding hydrogens is 634 g/mol. The van der Waals surface area contributed by atoms with Crippen LogP contribution >= 0.6 is 0 Å². The van der Waals surface area contributed by atoms with Crippen molar-refractivity contribution >= 4 is 23.8 Å². The van der Waals surface area contributed by atoms with Gasteiger partial charge in [-0.2, -0.15) is 0 Å². The third-order valence-electron chi connectivity index (χ3n) is 8.11. The first-order valence-electron chi connectivity index (χ1n) is 16.2. The van der Waals surface area contributed by atoms with E-state index in [1.807, 2.05) is 60.7 Å². The maximum absolute atomic E-state index is 13.8. The van der Waals surface area contributed by atoms with Crippen LogP contribution in [0.5, 0.6) is 0 Å². The first-order chi connectivity index (χ1) is 24.4. The van der Waals surface area contributed by atoms with E-state index < -0.39 is 36.3 Å². The van der Waals surface area contributed by atoms with Gasteiger partial charge in [0.15, 0.2) is 0 Å². The van der Waals surface area contributed by atoms with Crippen molar-refractivity contribution in [1.82, 2.24) is 20.2 Å². The Kier molecular flexibility index (Phi) is 12.6. The van der Waals surface area contributed by atoms with Crippen molar-refractivity contribution < 1.29 is 29.3 Å². The molecule has 0 aliphatic heterocycles. The van der Waals surface area contributed by atoms with Gasteiger partial charge in [-0.05, 0) is 66.3 Å². The van der Waals surface area contributed by atoms with E-state index in [1.54, 1.807) is 73.2 Å². The number of carbonyl (C=O) groups is 3. The lowest BCUT2D eigenvalue weighted by Gasteiger charge is -2.38. The number of hydrogen-bond donors (Lipinski definition) is 3. The number of aromatic nitrogens is 2. The quantitative estimate of drug-likeness (QED) is 0.144. The Morgan fingerprint density at radius 1 is 0.780 bits per heavy atom. The summed E-state index contributed by atoms with van der Waals surface area (Å²) in [5, 5.41) is 30.1. The van der Waals surface area contributed by atoms with Gasteiger partial charge in [0.1, 0.15) is 12.7 Å². The Bertz CT molecular complexity index is 1810. The molecule has 2 aromatic heterocycles. The first-order valence-corrected chi connectivity index (χ1v) is 16.2. The third kappa shape index (κ3) is 10.5. The van der Waals surface area contributed by atoms with E-state index in [1.165, 1.54) is 0 Å². The van der Waals surface area contributed by atoms with E-state index in [0.29, 0.717) is 17.7 Å². The topological polar surface area (TPSA) is 157 Å². The molecule has 5 aromatic rings. The molecule has 11 heteroatoms. The van der Waals surface area contributed by atoms with Crippen molar-refractivity contribution in [1.29, 1.82) is 0 Å². The molecular formula is C39H38N5O6-. The third-order valence-corrected chi connectivity index (χ3v) is 8.11. The number of carboxylic acid groups (broad SMARTS) is 1. The van der Waals surface area contributed by atoms with E-state index >= 15 is 0 Å². The van der Waals surface area contributed by atoms with Gasteiger partial charge in [0.2, 0.25) is 0 Å². The fourth-order valence-electron chi connectivity index (χ4n) is 5.68. The van der Waals surface area contributed by atoms with Crippen LogP contribution in [0.15, 0.2) is 134 Å². The highest BCUT2D eigenvalue weighted by Crippen LogP contribution is 2.22. The van der Waals surface area contributed by atoms with Crippen LogP contribution in [0.2, 0.25) is 0 Å². The smallest absolute Gasteiger partial charge is 0.412 e. The van der Waals surface area contributed by atoms with Crippen LogP contribution < -0.4 is 15.7 Å². The Balaban J connectivity index is 1.37. The number of benzene rings is 3. The normalized spacial score (nSPS) is 12.6. The lowest BCUT2D eigenvalue weighted by molar-refractivity contribution is -0.270. The second-order valence-corrected chi connectivity index (χ2v) is 11.7. The average molecular weight is 673 g/mol. The van der Waals surface area contributed by atoms with Gasteiger partial charge in [-0.3, -0.25) is 20.1 Å². The number of rotatable bonds is 15. The second kappa shape index (κ2) is 17.9. The van der Waals surface area contributed by atoms with E-state index in [0.717, 1.165) is 16.0 Å². The van der Waals surface area contributed by atoms with Crippen molar-refractivity contribution in [3.8, 4) is 0 Å². The van der Waals surface area contributed by atoms with Crippen molar-refractivity contribution in [3.63, 3.8) is 0 Å². The summed E-state index contributed by atoms with van der Waals surface area (Å²) in [6.45, 7) is -0.0954. The molecule has 50 heavy (non-hydrogen) atoms. The van der Waals surface area contributed by atoms with Crippen LogP contribution in [0.25, 0.3) is 0 Å². The number of nitrogens with zero attached hydrogens (tertiary/aromatic N) is 3. The monoisotopic (exact) mass is 672 g/mol. The Hall–Kier alpha value is -6.07. The number of ether oxygens (including phenoxy) is 1. The standard InChI is InChI=1S/C39H39N5O6/c45-36(35(23-29-14-5-2-6-15-29)44(39(48)49)26-30-16-11-20-40-25-30)24-32(22-28-12-3-1-4-13-28)42-37(46)33-18-7-8-19-34(33)43-38(47)50-27-31-17-9-10-21-41-31/h1-21,25,32,35-36,45H,22-24,26-27H2,(H,42,46)(H,43,47)(H,48,49)/p-1/t32-,35-,36-/m0/s1. The van der Waals surface area contributed by atoms with Crippen LogP contribution in [-0.4, -0.2) is 56.3 Å². The number of amides is 3. The van der Waals surface area contributed by atoms with E-state index in [4.69, 9.17) is 4.74 Å². The summed E-state index contributed by atoms with van der Waals surface area (Å²) in [4.78, 5) is 48.5. The molecule has 2 heterocycles. The maximum Gasteiger partial charge on any atom is 0.412 e. The molecule has 3 atom stereocenters.